The molecule has 2 atom stereocenters. The molecule has 0 spiro atoms. The lowest BCUT2D eigenvalue weighted by Gasteiger charge is -2.26. The van der Waals surface area contributed by atoms with Crippen LogP contribution in [-0.2, 0) is 24.5 Å². The molecule has 0 N–H and O–H groups in total. The van der Waals surface area contributed by atoms with Gasteiger partial charge in [-0.3, -0.25) is 9.59 Å². The van der Waals surface area contributed by atoms with Crippen molar-refractivity contribution in [3.63, 3.8) is 0 Å². The molecule has 4 bridgehead atoms. The maximum Gasteiger partial charge on any atom is 0.317 e. The molecule has 0 aromatic heterocycles. The molecule has 184 valence electrons. The Kier molecular flexibility index (Phi) is 8.97. The number of benzene rings is 2. The first-order valence-electron chi connectivity index (χ1n) is 12.0. The Morgan fingerprint density at radius 2 is 1.03 bits per heavy atom. The molecule has 6 nitrogen and oxygen atoms in total. The summed E-state index contributed by atoms with van der Waals surface area (Å²) in [6.07, 6.45) is 0.934. The number of hydrogen-bond donors (Lipinski definition) is 0. The molecule has 0 fully saturated rings. The van der Waals surface area contributed by atoms with Crippen LogP contribution >= 0.6 is 0 Å². The van der Waals surface area contributed by atoms with Gasteiger partial charge in [0.15, 0.2) is 0 Å². The zero-order chi connectivity index (χ0) is 24.6. The monoisotopic (exact) mass is 468 g/mol. The number of carbonyl (C=O) groups is 2. The van der Waals surface area contributed by atoms with Crippen molar-refractivity contribution in [3.05, 3.63) is 59.7 Å². The van der Waals surface area contributed by atoms with Crippen LogP contribution in [0.1, 0.15) is 58.1 Å². The fraction of sp³-hybridized carbons (Fsp3) is 0.500. The van der Waals surface area contributed by atoms with E-state index < -0.39 is 11.9 Å². The van der Waals surface area contributed by atoms with Crippen LogP contribution in [0.15, 0.2) is 48.5 Å². The van der Waals surface area contributed by atoms with Gasteiger partial charge in [-0.15, -0.1) is 0 Å². The highest BCUT2D eigenvalue weighted by atomic mass is 16.6. The van der Waals surface area contributed by atoms with E-state index in [-0.39, 0.29) is 36.9 Å². The number of carbonyl (C=O) groups excluding carboxylic acids is 2. The highest BCUT2D eigenvalue weighted by Gasteiger charge is 2.23. The Labute approximate surface area is 202 Å². The van der Waals surface area contributed by atoms with E-state index in [0.717, 1.165) is 11.5 Å². The molecule has 0 saturated heterocycles. The maximum absolute atomic E-state index is 11.9. The predicted molar refractivity (Wildman–Crippen MR) is 130 cm³/mol. The molecule has 0 amide bonds. The molecule has 2 aromatic rings. The lowest BCUT2D eigenvalue weighted by Crippen LogP contribution is -2.19. The third-order valence-corrected chi connectivity index (χ3v) is 6.26. The average molecular weight is 469 g/mol. The number of ether oxygens (including phenoxy) is 4. The first-order valence-corrected chi connectivity index (χ1v) is 12.0. The lowest BCUT2D eigenvalue weighted by molar-refractivity contribution is -0.154. The molecule has 0 radical (unpaired) electrons. The highest BCUT2D eigenvalue weighted by Crippen LogP contribution is 2.33. The summed E-state index contributed by atoms with van der Waals surface area (Å²) in [6.45, 7) is 10.0. The van der Waals surface area contributed by atoms with E-state index in [1.807, 2.05) is 38.1 Å². The Bertz CT molecular complexity index is 857. The van der Waals surface area contributed by atoms with Crippen LogP contribution in [-0.4, -0.2) is 38.4 Å². The fourth-order valence-corrected chi connectivity index (χ4v) is 3.71. The summed E-state index contributed by atoms with van der Waals surface area (Å²) >= 11 is 0. The Morgan fingerprint density at radius 3 is 1.41 bits per heavy atom. The van der Waals surface area contributed by atoms with Gasteiger partial charge in [-0.2, -0.15) is 0 Å². The third kappa shape index (κ3) is 7.51. The van der Waals surface area contributed by atoms with Crippen LogP contribution in [0.2, 0.25) is 0 Å². The molecule has 6 heteroatoms. The first kappa shape index (κ1) is 25.6. The predicted octanol–water partition coefficient (Wildman–Crippen LogP) is 5.31. The van der Waals surface area contributed by atoms with Crippen molar-refractivity contribution < 1.29 is 28.5 Å². The van der Waals surface area contributed by atoms with Gasteiger partial charge in [0, 0.05) is 5.41 Å². The first-order chi connectivity index (χ1) is 16.2. The van der Waals surface area contributed by atoms with Crippen molar-refractivity contribution >= 4 is 11.9 Å². The van der Waals surface area contributed by atoms with E-state index in [1.54, 1.807) is 0 Å². The van der Waals surface area contributed by atoms with Crippen molar-refractivity contribution in [1.82, 2.24) is 0 Å². The smallest absolute Gasteiger partial charge is 0.317 e. The van der Waals surface area contributed by atoms with E-state index in [2.05, 4.69) is 38.1 Å². The SMILES string of the molecule is CC1CCOC(=O)CC(=O)OCCC(C)COc2ccc(cc2)C(C)(C)c2ccc(cc2)OC1. The van der Waals surface area contributed by atoms with E-state index in [1.165, 1.54) is 11.1 Å². The summed E-state index contributed by atoms with van der Waals surface area (Å²) in [4.78, 5) is 23.8. The van der Waals surface area contributed by atoms with Gasteiger partial charge in [0.2, 0.25) is 0 Å². The van der Waals surface area contributed by atoms with Crippen LogP contribution in [0.25, 0.3) is 0 Å². The zero-order valence-corrected chi connectivity index (χ0v) is 20.7. The molecule has 5 rings (SSSR count). The van der Waals surface area contributed by atoms with Gasteiger partial charge in [-0.25, -0.2) is 0 Å². The fourth-order valence-electron chi connectivity index (χ4n) is 3.71. The lowest BCUT2D eigenvalue weighted by atomic mass is 9.78. The molecular formula is C28H36O6. The second kappa shape index (κ2) is 11.9. The van der Waals surface area contributed by atoms with Crippen molar-refractivity contribution in [3.8, 4) is 11.5 Å². The van der Waals surface area contributed by atoms with Crippen molar-refractivity contribution in [2.75, 3.05) is 26.4 Å². The number of rotatable bonds is 0. The molecule has 2 unspecified atom stereocenters. The molecule has 3 heterocycles. The second-order valence-electron chi connectivity index (χ2n) is 9.70. The number of esters is 2. The molecule has 0 saturated carbocycles. The minimum Gasteiger partial charge on any atom is -0.493 e. The van der Waals surface area contributed by atoms with Gasteiger partial charge in [-0.05, 0) is 60.1 Å². The molecule has 2 aromatic carbocycles. The topological polar surface area (TPSA) is 71.1 Å². The average Bonchev–Trinajstić information content (AvgIpc) is 2.81. The Hall–Kier alpha value is -3.02. The van der Waals surface area contributed by atoms with E-state index >= 15 is 0 Å². The number of hydrogen-bond acceptors (Lipinski definition) is 6. The van der Waals surface area contributed by atoms with Crippen molar-refractivity contribution in [1.29, 1.82) is 0 Å². The van der Waals surface area contributed by atoms with Crippen molar-refractivity contribution in [2.45, 2.75) is 52.4 Å². The highest BCUT2D eigenvalue weighted by molar-refractivity contribution is 5.91. The summed E-state index contributed by atoms with van der Waals surface area (Å²) in [6, 6.07) is 16.4. The minimum absolute atomic E-state index is 0.168. The van der Waals surface area contributed by atoms with Gasteiger partial charge in [0.25, 0.3) is 0 Å². The largest absolute Gasteiger partial charge is 0.493 e. The quantitative estimate of drug-likeness (QED) is 0.385. The van der Waals surface area contributed by atoms with Crippen LogP contribution in [0, 0.1) is 11.8 Å². The van der Waals surface area contributed by atoms with Gasteiger partial charge in [0.05, 0.1) is 26.4 Å². The Morgan fingerprint density at radius 1 is 0.647 bits per heavy atom. The van der Waals surface area contributed by atoms with E-state index in [0.29, 0.717) is 26.1 Å². The third-order valence-electron chi connectivity index (χ3n) is 6.26. The summed E-state index contributed by atoms with van der Waals surface area (Å²) in [5.74, 6) is 0.875. The van der Waals surface area contributed by atoms with Crippen molar-refractivity contribution in [2.24, 2.45) is 11.8 Å². The van der Waals surface area contributed by atoms with Gasteiger partial charge in [-0.1, -0.05) is 52.0 Å². The van der Waals surface area contributed by atoms with Gasteiger partial charge < -0.3 is 18.9 Å². The summed E-state index contributed by atoms with van der Waals surface area (Å²) in [5.41, 5.74) is 2.23. The number of fused-ring (bicyclic) bond motifs is 2. The maximum atomic E-state index is 11.9. The van der Waals surface area contributed by atoms with Crippen LogP contribution in [0.3, 0.4) is 0 Å². The van der Waals surface area contributed by atoms with Crippen LogP contribution in [0.5, 0.6) is 11.5 Å². The molecule has 3 aliphatic rings. The Balaban J connectivity index is 1.71. The molecule has 34 heavy (non-hydrogen) atoms. The molecule has 3 aliphatic heterocycles. The second-order valence-corrected chi connectivity index (χ2v) is 9.70. The standard InChI is InChI=1S/C28H36O6/c1-20-13-15-31-26(29)17-27(30)32-16-14-21(2)19-34-25-11-7-23(8-12-25)28(3,4)22-5-9-24(10-6-22)33-18-20/h5-12,20-21H,13-19H2,1-4H3. The summed E-state index contributed by atoms with van der Waals surface area (Å²) in [7, 11) is 0. The van der Waals surface area contributed by atoms with E-state index in [4.69, 9.17) is 18.9 Å². The summed E-state index contributed by atoms with van der Waals surface area (Å²) in [5, 5.41) is 0. The minimum atomic E-state index is -0.564. The van der Waals surface area contributed by atoms with Gasteiger partial charge >= 0.3 is 11.9 Å². The molecular weight excluding hydrogens is 432 g/mol. The normalized spacial score (nSPS) is 22.6. The van der Waals surface area contributed by atoms with Crippen LogP contribution < -0.4 is 9.47 Å². The zero-order valence-electron chi connectivity index (χ0n) is 20.7. The van der Waals surface area contributed by atoms with Crippen LogP contribution in [0.4, 0.5) is 0 Å². The van der Waals surface area contributed by atoms with Gasteiger partial charge in [0.1, 0.15) is 17.9 Å². The summed E-state index contributed by atoms with van der Waals surface area (Å²) < 4.78 is 22.2. The molecule has 0 aliphatic carbocycles. The van der Waals surface area contributed by atoms with E-state index in [9.17, 15) is 9.59 Å².